The number of carbonyl (C=O) groups is 2. The molecule has 2 amide bonds. The van der Waals surface area contributed by atoms with E-state index in [1.165, 1.54) is 0 Å². The third kappa shape index (κ3) is 3.65. The van der Waals surface area contributed by atoms with Gasteiger partial charge in [-0.3, -0.25) is 9.59 Å². The number of halogens is 1. The molecule has 0 aliphatic carbocycles. The van der Waals surface area contributed by atoms with E-state index >= 15 is 0 Å². The summed E-state index contributed by atoms with van der Waals surface area (Å²) in [6.45, 7) is 2.76. The molecular weight excluding hydrogens is 388 g/mol. The van der Waals surface area contributed by atoms with Crippen LogP contribution in [-0.2, 0) is 9.53 Å². The zero-order valence-corrected chi connectivity index (χ0v) is 17.3. The predicted octanol–water partition coefficient (Wildman–Crippen LogP) is 3.44. The highest BCUT2D eigenvalue weighted by Gasteiger charge is 2.57. The van der Waals surface area contributed by atoms with E-state index in [9.17, 15) is 9.59 Å². The number of hydrogen-bond donors (Lipinski definition) is 0. The Bertz CT molecular complexity index is 904. The van der Waals surface area contributed by atoms with Crippen LogP contribution in [0.25, 0.3) is 0 Å². The van der Waals surface area contributed by atoms with Gasteiger partial charge in [0.25, 0.3) is 5.91 Å². The topological polar surface area (TPSA) is 49.9 Å². The maximum atomic E-state index is 13.5. The van der Waals surface area contributed by atoms with E-state index in [1.807, 2.05) is 28.0 Å². The van der Waals surface area contributed by atoms with E-state index in [0.717, 1.165) is 12.0 Å². The fourth-order valence-electron chi connectivity index (χ4n) is 4.72. The Kier molecular flexibility index (Phi) is 5.61. The van der Waals surface area contributed by atoms with Crippen molar-refractivity contribution in [2.45, 2.75) is 12.3 Å². The van der Waals surface area contributed by atoms with Crippen LogP contribution in [0.3, 0.4) is 0 Å². The molecule has 2 fully saturated rings. The minimum Gasteiger partial charge on any atom is -0.383 e. The number of amides is 2. The molecule has 2 saturated heterocycles. The summed E-state index contributed by atoms with van der Waals surface area (Å²) in [6.07, 6.45) is 0.744. The molecule has 2 aromatic rings. The van der Waals surface area contributed by atoms with Crippen LogP contribution in [-0.4, -0.2) is 61.5 Å². The zero-order valence-electron chi connectivity index (χ0n) is 16.5. The van der Waals surface area contributed by atoms with Gasteiger partial charge in [-0.25, -0.2) is 0 Å². The number of hydrogen-bond acceptors (Lipinski definition) is 3. The van der Waals surface area contributed by atoms with Crippen molar-refractivity contribution in [3.05, 3.63) is 70.7 Å². The first-order chi connectivity index (χ1) is 14.0. The summed E-state index contributed by atoms with van der Waals surface area (Å²) in [6, 6.07) is 17.1. The fraction of sp³-hybridized carbons (Fsp3) is 0.391. The second-order valence-corrected chi connectivity index (χ2v) is 8.29. The lowest BCUT2D eigenvalue weighted by atomic mass is 9.73. The van der Waals surface area contributed by atoms with Crippen molar-refractivity contribution in [2.75, 3.05) is 39.9 Å². The number of rotatable bonds is 5. The zero-order chi connectivity index (χ0) is 20.4. The van der Waals surface area contributed by atoms with Gasteiger partial charge in [0, 0.05) is 49.8 Å². The van der Waals surface area contributed by atoms with Gasteiger partial charge in [0.05, 0.1) is 12.0 Å². The SMILES string of the molecule is COCCN1CC[C@@]2(CN(C(=O)c3cccc(Cl)c3)C[C@@H]2c2ccccc2)C1=O. The lowest BCUT2D eigenvalue weighted by molar-refractivity contribution is -0.136. The van der Waals surface area contributed by atoms with Crippen LogP contribution in [0.4, 0.5) is 0 Å². The van der Waals surface area contributed by atoms with Crippen LogP contribution < -0.4 is 0 Å². The second kappa shape index (κ2) is 8.17. The molecule has 29 heavy (non-hydrogen) atoms. The number of carbonyl (C=O) groups excluding carboxylic acids is 2. The first-order valence-corrected chi connectivity index (χ1v) is 10.3. The largest absolute Gasteiger partial charge is 0.383 e. The highest BCUT2D eigenvalue weighted by atomic mass is 35.5. The molecule has 2 aliphatic heterocycles. The average molecular weight is 413 g/mol. The number of benzene rings is 2. The Hall–Kier alpha value is -2.37. The van der Waals surface area contributed by atoms with Crippen molar-refractivity contribution in [3.63, 3.8) is 0 Å². The normalized spacial score (nSPS) is 23.9. The van der Waals surface area contributed by atoms with Crippen molar-refractivity contribution < 1.29 is 14.3 Å². The number of ether oxygens (including phenoxy) is 1. The Labute approximate surface area is 176 Å². The average Bonchev–Trinajstić information content (AvgIpc) is 3.28. The van der Waals surface area contributed by atoms with Gasteiger partial charge in [0.2, 0.25) is 5.91 Å². The molecule has 0 bridgehead atoms. The van der Waals surface area contributed by atoms with Crippen LogP contribution in [0.2, 0.25) is 5.02 Å². The third-order valence-electron chi connectivity index (χ3n) is 6.21. The van der Waals surface area contributed by atoms with E-state index in [1.54, 1.807) is 31.4 Å². The van der Waals surface area contributed by atoms with Crippen LogP contribution >= 0.6 is 11.6 Å². The van der Waals surface area contributed by atoms with E-state index in [2.05, 4.69) is 12.1 Å². The molecule has 4 rings (SSSR count). The first kappa shape index (κ1) is 19.9. The number of likely N-dealkylation sites (tertiary alicyclic amines) is 2. The highest BCUT2D eigenvalue weighted by Crippen LogP contribution is 2.50. The number of methoxy groups -OCH3 is 1. The first-order valence-electron chi connectivity index (χ1n) is 9.93. The second-order valence-electron chi connectivity index (χ2n) is 7.85. The van der Waals surface area contributed by atoms with Gasteiger partial charge in [0.1, 0.15) is 0 Å². The molecule has 0 radical (unpaired) electrons. The van der Waals surface area contributed by atoms with Crippen molar-refractivity contribution in [1.29, 1.82) is 0 Å². The molecule has 0 aromatic heterocycles. The Morgan fingerprint density at radius 1 is 1.21 bits per heavy atom. The van der Waals surface area contributed by atoms with Crippen molar-refractivity contribution >= 4 is 23.4 Å². The van der Waals surface area contributed by atoms with Crippen molar-refractivity contribution in [2.24, 2.45) is 5.41 Å². The molecule has 6 heteroatoms. The summed E-state index contributed by atoms with van der Waals surface area (Å²) in [5.41, 5.74) is 1.09. The Balaban J connectivity index is 1.66. The van der Waals surface area contributed by atoms with Crippen molar-refractivity contribution in [3.8, 4) is 0 Å². The summed E-state index contributed by atoms with van der Waals surface area (Å²) >= 11 is 6.09. The van der Waals surface area contributed by atoms with Gasteiger partial charge in [-0.05, 0) is 30.2 Å². The molecule has 2 heterocycles. The van der Waals surface area contributed by atoms with E-state index in [0.29, 0.717) is 43.4 Å². The quantitative estimate of drug-likeness (QED) is 0.755. The molecule has 2 aliphatic rings. The Morgan fingerprint density at radius 3 is 2.72 bits per heavy atom. The van der Waals surface area contributed by atoms with Gasteiger partial charge in [-0.2, -0.15) is 0 Å². The summed E-state index contributed by atoms with van der Waals surface area (Å²) in [7, 11) is 1.64. The van der Waals surface area contributed by atoms with Crippen LogP contribution in [0.1, 0.15) is 28.3 Å². The lowest BCUT2D eigenvalue weighted by Gasteiger charge is -2.29. The summed E-state index contributed by atoms with van der Waals surface area (Å²) in [4.78, 5) is 30.4. The number of nitrogens with zero attached hydrogens (tertiary/aromatic N) is 2. The van der Waals surface area contributed by atoms with Crippen LogP contribution in [0.5, 0.6) is 0 Å². The van der Waals surface area contributed by atoms with Crippen LogP contribution in [0, 0.1) is 5.41 Å². The van der Waals surface area contributed by atoms with Gasteiger partial charge >= 0.3 is 0 Å². The Morgan fingerprint density at radius 2 is 2.00 bits per heavy atom. The molecule has 0 N–H and O–H groups in total. The molecule has 2 aromatic carbocycles. The molecular formula is C23H25ClN2O3. The van der Waals surface area contributed by atoms with Crippen LogP contribution in [0.15, 0.2) is 54.6 Å². The highest BCUT2D eigenvalue weighted by molar-refractivity contribution is 6.30. The standard InChI is InChI=1S/C23H25ClN2O3/c1-29-13-12-25-11-10-23(22(25)28)16-26(15-20(23)17-6-3-2-4-7-17)21(27)18-8-5-9-19(24)14-18/h2-9,14,20H,10-13,15-16H2,1H3/t20-,23+/m1/s1. The van der Waals surface area contributed by atoms with E-state index in [-0.39, 0.29) is 17.7 Å². The van der Waals surface area contributed by atoms with E-state index in [4.69, 9.17) is 16.3 Å². The summed E-state index contributed by atoms with van der Waals surface area (Å²) in [5.74, 6) is 0.0325. The molecule has 0 unspecified atom stereocenters. The summed E-state index contributed by atoms with van der Waals surface area (Å²) < 4.78 is 5.17. The van der Waals surface area contributed by atoms with Crippen molar-refractivity contribution in [1.82, 2.24) is 9.80 Å². The van der Waals surface area contributed by atoms with Gasteiger partial charge in [-0.15, -0.1) is 0 Å². The molecule has 5 nitrogen and oxygen atoms in total. The molecule has 0 saturated carbocycles. The summed E-state index contributed by atoms with van der Waals surface area (Å²) in [5, 5.41) is 0.534. The molecule has 152 valence electrons. The molecule has 2 atom stereocenters. The minimum absolute atomic E-state index is 0.0214. The van der Waals surface area contributed by atoms with E-state index < -0.39 is 5.41 Å². The van der Waals surface area contributed by atoms with Gasteiger partial charge in [0.15, 0.2) is 0 Å². The smallest absolute Gasteiger partial charge is 0.253 e. The fourth-order valence-corrected chi connectivity index (χ4v) is 4.91. The van der Waals surface area contributed by atoms with Gasteiger partial charge in [-0.1, -0.05) is 48.0 Å². The van der Waals surface area contributed by atoms with Gasteiger partial charge < -0.3 is 14.5 Å². The minimum atomic E-state index is -0.580. The lowest BCUT2D eigenvalue weighted by Crippen LogP contribution is -2.41. The maximum absolute atomic E-state index is 13.5. The third-order valence-corrected chi connectivity index (χ3v) is 6.45. The maximum Gasteiger partial charge on any atom is 0.253 e. The monoisotopic (exact) mass is 412 g/mol. The predicted molar refractivity (Wildman–Crippen MR) is 112 cm³/mol. The molecule has 1 spiro atoms.